The second kappa shape index (κ2) is 4.60. The first-order chi connectivity index (χ1) is 9.27. The predicted molar refractivity (Wildman–Crippen MR) is 81.8 cm³/mol. The van der Waals surface area contributed by atoms with Crippen molar-refractivity contribution >= 4 is 0 Å². The van der Waals surface area contributed by atoms with E-state index in [-0.39, 0.29) is 11.6 Å². The molecule has 1 aliphatic heterocycles. The van der Waals surface area contributed by atoms with E-state index < -0.39 is 0 Å². The van der Waals surface area contributed by atoms with Gasteiger partial charge in [0.2, 0.25) is 0 Å². The molecule has 3 rings (SSSR count). The van der Waals surface area contributed by atoms with E-state index in [1.54, 1.807) is 0 Å². The Labute approximate surface area is 122 Å². The molecule has 3 heteroatoms. The van der Waals surface area contributed by atoms with Gasteiger partial charge in [0.15, 0.2) is 0 Å². The monoisotopic (exact) mass is 276 g/mol. The Morgan fingerprint density at radius 1 is 1.25 bits per heavy atom. The number of hydrogen-bond acceptors (Lipinski definition) is 2. The molecule has 0 spiro atoms. The zero-order valence-electron chi connectivity index (χ0n) is 13.3. The van der Waals surface area contributed by atoms with E-state index in [4.69, 9.17) is 10.5 Å². The van der Waals surface area contributed by atoms with Crippen molar-refractivity contribution < 1.29 is 4.74 Å². The van der Waals surface area contributed by atoms with Crippen LogP contribution in [0.2, 0.25) is 0 Å². The second-order valence-electron chi connectivity index (χ2n) is 8.03. The van der Waals surface area contributed by atoms with Gasteiger partial charge in [-0.2, -0.15) is 0 Å². The average molecular weight is 276 g/mol. The van der Waals surface area contributed by atoms with E-state index >= 15 is 0 Å². The molecule has 3 nitrogen and oxygen atoms in total. The van der Waals surface area contributed by atoms with Gasteiger partial charge < -0.3 is 15.0 Å². The van der Waals surface area contributed by atoms with Gasteiger partial charge in [-0.3, -0.25) is 0 Å². The molecule has 1 aromatic heterocycles. The number of aromatic nitrogens is 1. The highest BCUT2D eigenvalue weighted by molar-refractivity contribution is 5.30. The molecule has 112 valence electrons. The molecule has 20 heavy (non-hydrogen) atoms. The molecule has 1 fully saturated rings. The third kappa shape index (κ3) is 2.53. The van der Waals surface area contributed by atoms with Crippen molar-refractivity contribution in [1.29, 1.82) is 0 Å². The van der Waals surface area contributed by atoms with Crippen LogP contribution in [0.25, 0.3) is 0 Å². The molecule has 1 aliphatic carbocycles. The van der Waals surface area contributed by atoms with Crippen LogP contribution in [0.3, 0.4) is 0 Å². The summed E-state index contributed by atoms with van der Waals surface area (Å²) in [5.41, 5.74) is 9.52. The fourth-order valence-corrected chi connectivity index (χ4v) is 4.04. The van der Waals surface area contributed by atoms with Gasteiger partial charge in [-0.25, -0.2) is 0 Å². The number of nitrogens with two attached hydrogens (primary N) is 1. The zero-order valence-corrected chi connectivity index (χ0v) is 13.3. The van der Waals surface area contributed by atoms with Crippen LogP contribution in [0.15, 0.2) is 12.3 Å². The van der Waals surface area contributed by atoms with Gasteiger partial charge in [0.05, 0.1) is 5.60 Å². The van der Waals surface area contributed by atoms with E-state index in [2.05, 4.69) is 44.5 Å². The summed E-state index contributed by atoms with van der Waals surface area (Å²) in [7, 11) is 0. The van der Waals surface area contributed by atoms with Crippen molar-refractivity contribution in [3.8, 4) is 0 Å². The number of rotatable bonds is 1. The molecule has 2 unspecified atom stereocenters. The Balaban J connectivity index is 1.93. The van der Waals surface area contributed by atoms with E-state index in [1.807, 2.05) is 0 Å². The highest BCUT2D eigenvalue weighted by Gasteiger charge is 2.36. The standard InChI is InChI=1S/C17H28N2O/c1-16(2)10-14(18)13-5-7-19(15(13)11-16)12-6-8-20-17(3,4)9-12/h5,7,12,14H,6,8-11,18H2,1-4H3. The molecule has 2 atom stereocenters. The maximum Gasteiger partial charge on any atom is 0.0646 e. The molecular formula is C17H28N2O. The molecule has 1 aromatic rings. The van der Waals surface area contributed by atoms with Gasteiger partial charge in [-0.05, 0) is 56.6 Å². The normalized spacial score (nSPS) is 31.9. The van der Waals surface area contributed by atoms with Gasteiger partial charge in [-0.1, -0.05) is 13.8 Å². The SMILES string of the molecule is CC1(C)Cc2c(ccn2C2CCOC(C)(C)C2)C(N)C1. The molecule has 0 saturated carbocycles. The molecule has 2 heterocycles. The van der Waals surface area contributed by atoms with Crippen LogP contribution in [0.4, 0.5) is 0 Å². The van der Waals surface area contributed by atoms with E-state index in [1.165, 1.54) is 11.3 Å². The molecule has 2 aliphatic rings. The minimum Gasteiger partial charge on any atom is -0.375 e. The van der Waals surface area contributed by atoms with Gasteiger partial charge in [0, 0.05) is 30.6 Å². The molecule has 0 radical (unpaired) electrons. The summed E-state index contributed by atoms with van der Waals surface area (Å²) in [6, 6.07) is 3.00. The van der Waals surface area contributed by atoms with E-state index in [0.717, 1.165) is 32.3 Å². The second-order valence-corrected chi connectivity index (χ2v) is 8.03. The summed E-state index contributed by atoms with van der Waals surface area (Å²) in [5.74, 6) is 0. The lowest BCUT2D eigenvalue weighted by atomic mass is 9.74. The Hall–Kier alpha value is -0.800. The van der Waals surface area contributed by atoms with Crippen molar-refractivity contribution in [2.45, 2.75) is 71.1 Å². The van der Waals surface area contributed by atoms with Crippen LogP contribution in [-0.2, 0) is 11.2 Å². The molecule has 1 saturated heterocycles. The first-order valence-corrected chi connectivity index (χ1v) is 7.87. The van der Waals surface area contributed by atoms with Crippen LogP contribution in [0.5, 0.6) is 0 Å². The van der Waals surface area contributed by atoms with Crippen LogP contribution in [0, 0.1) is 5.41 Å². The first-order valence-electron chi connectivity index (χ1n) is 7.87. The lowest BCUT2D eigenvalue weighted by molar-refractivity contribution is -0.0695. The zero-order chi connectivity index (χ0) is 14.5. The fourth-order valence-electron chi connectivity index (χ4n) is 4.04. The number of fused-ring (bicyclic) bond motifs is 1. The predicted octanol–water partition coefficient (Wildman–Crippen LogP) is 3.59. The minimum absolute atomic E-state index is 0.00757. The van der Waals surface area contributed by atoms with E-state index in [9.17, 15) is 0 Å². The van der Waals surface area contributed by atoms with Gasteiger partial charge in [-0.15, -0.1) is 0 Å². The minimum atomic E-state index is -0.00757. The van der Waals surface area contributed by atoms with Gasteiger partial charge in [0.25, 0.3) is 0 Å². The van der Waals surface area contributed by atoms with Crippen LogP contribution in [-0.4, -0.2) is 16.8 Å². The highest BCUT2D eigenvalue weighted by Crippen LogP contribution is 2.42. The Bertz CT molecular complexity index is 501. The molecular weight excluding hydrogens is 248 g/mol. The maximum atomic E-state index is 6.38. The first kappa shape index (κ1) is 14.2. The Morgan fingerprint density at radius 2 is 2.00 bits per heavy atom. The highest BCUT2D eigenvalue weighted by atomic mass is 16.5. The summed E-state index contributed by atoms with van der Waals surface area (Å²) >= 11 is 0. The van der Waals surface area contributed by atoms with Crippen molar-refractivity contribution in [2.75, 3.05) is 6.61 Å². The summed E-state index contributed by atoms with van der Waals surface area (Å²) < 4.78 is 8.36. The van der Waals surface area contributed by atoms with Crippen molar-refractivity contribution in [3.63, 3.8) is 0 Å². The smallest absolute Gasteiger partial charge is 0.0646 e. The number of hydrogen-bond donors (Lipinski definition) is 1. The lowest BCUT2D eigenvalue weighted by Crippen LogP contribution is -2.36. The molecule has 0 bridgehead atoms. The van der Waals surface area contributed by atoms with Crippen molar-refractivity contribution in [1.82, 2.24) is 4.57 Å². The number of nitrogens with zero attached hydrogens (tertiary/aromatic N) is 1. The summed E-state index contributed by atoms with van der Waals surface area (Å²) in [4.78, 5) is 0. The number of ether oxygens (including phenoxy) is 1. The van der Waals surface area contributed by atoms with Crippen molar-refractivity contribution in [2.24, 2.45) is 11.1 Å². The molecule has 2 N–H and O–H groups in total. The Morgan fingerprint density at radius 3 is 2.70 bits per heavy atom. The fraction of sp³-hybridized carbons (Fsp3) is 0.765. The van der Waals surface area contributed by atoms with Crippen LogP contribution < -0.4 is 5.73 Å². The summed E-state index contributed by atoms with van der Waals surface area (Å²) in [5, 5.41) is 0. The lowest BCUT2D eigenvalue weighted by Gasteiger charge is -2.39. The quantitative estimate of drug-likeness (QED) is 0.851. The Kier molecular flexibility index (Phi) is 3.26. The van der Waals surface area contributed by atoms with Gasteiger partial charge in [0.1, 0.15) is 0 Å². The molecule has 0 amide bonds. The van der Waals surface area contributed by atoms with Crippen LogP contribution >= 0.6 is 0 Å². The topological polar surface area (TPSA) is 40.2 Å². The molecule has 0 aromatic carbocycles. The third-order valence-corrected chi connectivity index (χ3v) is 4.94. The van der Waals surface area contributed by atoms with E-state index in [0.29, 0.717) is 11.5 Å². The third-order valence-electron chi connectivity index (χ3n) is 4.94. The van der Waals surface area contributed by atoms with Crippen molar-refractivity contribution in [3.05, 3.63) is 23.5 Å². The summed E-state index contributed by atoms with van der Waals surface area (Å²) in [6.07, 6.45) is 6.69. The van der Waals surface area contributed by atoms with Crippen LogP contribution in [0.1, 0.15) is 70.3 Å². The average Bonchev–Trinajstić information content (AvgIpc) is 2.69. The summed E-state index contributed by atoms with van der Waals surface area (Å²) in [6.45, 7) is 9.93. The maximum absolute atomic E-state index is 6.38. The van der Waals surface area contributed by atoms with Gasteiger partial charge >= 0.3 is 0 Å². The largest absolute Gasteiger partial charge is 0.375 e.